The van der Waals surface area contributed by atoms with Gasteiger partial charge in [0.1, 0.15) is 5.75 Å². The maximum Gasteiger partial charge on any atom is 0.119 e. The number of likely N-dealkylation sites (N-methyl/N-ethyl adjacent to an activating group) is 1. The quantitative estimate of drug-likeness (QED) is 0.734. The highest BCUT2D eigenvalue weighted by Gasteiger charge is 2.23. The molecular formula is C15H19NO. The van der Waals surface area contributed by atoms with E-state index in [0.29, 0.717) is 0 Å². The lowest BCUT2D eigenvalue weighted by Crippen LogP contribution is -2.29. The Labute approximate surface area is 103 Å². The first-order valence-electron chi connectivity index (χ1n) is 6.34. The Hall–Kier alpha value is -1.28. The summed E-state index contributed by atoms with van der Waals surface area (Å²) in [6.45, 7) is 2.32. The van der Waals surface area contributed by atoms with Gasteiger partial charge in [-0.25, -0.2) is 0 Å². The highest BCUT2D eigenvalue weighted by Crippen LogP contribution is 2.37. The van der Waals surface area contributed by atoms with Gasteiger partial charge in [-0.1, -0.05) is 11.6 Å². The van der Waals surface area contributed by atoms with Crippen LogP contribution in [0.4, 0.5) is 0 Å². The molecule has 1 aromatic carbocycles. The summed E-state index contributed by atoms with van der Waals surface area (Å²) in [6.07, 6.45) is 3.61. The van der Waals surface area contributed by atoms with Gasteiger partial charge < -0.3 is 9.64 Å². The van der Waals surface area contributed by atoms with E-state index in [9.17, 15) is 0 Å². The Balaban J connectivity index is 2.06. The van der Waals surface area contributed by atoms with Gasteiger partial charge in [0.2, 0.25) is 0 Å². The molecular weight excluding hydrogens is 210 g/mol. The van der Waals surface area contributed by atoms with Gasteiger partial charge in [-0.3, -0.25) is 0 Å². The molecule has 2 aliphatic rings. The van der Waals surface area contributed by atoms with E-state index in [1.54, 1.807) is 18.3 Å². The molecule has 3 rings (SSSR count). The highest BCUT2D eigenvalue weighted by atomic mass is 16.5. The van der Waals surface area contributed by atoms with Crippen LogP contribution in [-0.2, 0) is 6.42 Å². The molecule has 0 atom stereocenters. The fourth-order valence-electron chi connectivity index (χ4n) is 3.00. The summed E-state index contributed by atoms with van der Waals surface area (Å²) in [4.78, 5) is 2.42. The molecule has 0 spiro atoms. The average Bonchev–Trinajstić information content (AvgIpc) is 2.37. The number of hydrogen-bond acceptors (Lipinski definition) is 2. The van der Waals surface area contributed by atoms with Crippen LogP contribution in [0.15, 0.2) is 23.8 Å². The van der Waals surface area contributed by atoms with Gasteiger partial charge in [0, 0.05) is 13.1 Å². The molecule has 0 saturated carbocycles. The van der Waals surface area contributed by atoms with Crippen LogP contribution in [-0.4, -0.2) is 32.1 Å². The van der Waals surface area contributed by atoms with Crippen molar-refractivity contribution in [2.45, 2.75) is 19.3 Å². The molecule has 0 amide bonds. The molecule has 1 aromatic rings. The van der Waals surface area contributed by atoms with Gasteiger partial charge in [0.15, 0.2) is 0 Å². The lowest BCUT2D eigenvalue weighted by atomic mass is 9.82. The third-order valence-corrected chi connectivity index (χ3v) is 3.97. The molecule has 0 N–H and O–H groups in total. The number of hydrogen-bond donors (Lipinski definition) is 0. The zero-order chi connectivity index (χ0) is 11.8. The van der Waals surface area contributed by atoms with Crippen LogP contribution in [0.5, 0.6) is 5.75 Å². The SMILES string of the molecule is COc1ccc2c(c1)C1=C(CC2)CN(C)CC1. The van der Waals surface area contributed by atoms with Crippen LogP contribution in [0, 0.1) is 0 Å². The summed E-state index contributed by atoms with van der Waals surface area (Å²) in [5.41, 5.74) is 6.16. The minimum Gasteiger partial charge on any atom is -0.497 e. The van der Waals surface area contributed by atoms with E-state index in [1.807, 2.05) is 0 Å². The summed E-state index contributed by atoms with van der Waals surface area (Å²) in [5, 5.41) is 0. The number of fused-ring (bicyclic) bond motifs is 2. The van der Waals surface area contributed by atoms with E-state index < -0.39 is 0 Å². The first kappa shape index (κ1) is 10.8. The Morgan fingerprint density at radius 2 is 2.06 bits per heavy atom. The average molecular weight is 229 g/mol. The summed E-state index contributed by atoms with van der Waals surface area (Å²) in [6, 6.07) is 6.53. The van der Waals surface area contributed by atoms with E-state index in [-0.39, 0.29) is 0 Å². The number of rotatable bonds is 1. The van der Waals surface area contributed by atoms with Gasteiger partial charge in [-0.15, -0.1) is 0 Å². The monoisotopic (exact) mass is 229 g/mol. The lowest BCUT2D eigenvalue weighted by molar-refractivity contribution is 0.353. The summed E-state index contributed by atoms with van der Waals surface area (Å²) < 4.78 is 5.35. The molecule has 2 heteroatoms. The number of nitrogens with zero attached hydrogens (tertiary/aromatic N) is 1. The molecule has 0 fully saturated rings. The zero-order valence-electron chi connectivity index (χ0n) is 10.6. The smallest absolute Gasteiger partial charge is 0.119 e. The van der Waals surface area contributed by atoms with Crippen LogP contribution >= 0.6 is 0 Å². The fraction of sp³-hybridized carbons (Fsp3) is 0.467. The van der Waals surface area contributed by atoms with Crippen LogP contribution in [0.25, 0.3) is 5.57 Å². The summed E-state index contributed by atoms with van der Waals surface area (Å²) >= 11 is 0. The van der Waals surface area contributed by atoms with E-state index >= 15 is 0 Å². The first-order chi connectivity index (χ1) is 8.28. The number of ether oxygens (including phenoxy) is 1. The van der Waals surface area contributed by atoms with Crippen molar-refractivity contribution in [2.75, 3.05) is 27.2 Å². The normalized spacial score (nSPS) is 19.9. The lowest BCUT2D eigenvalue weighted by Gasteiger charge is -2.32. The molecule has 0 saturated heterocycles. The van der Waals surface area contributed by atoms with Gasteiger partial charge in [0.25, 0.3) is 0 Å². The van der Waals surface area contributed by atoms with Gasteiger partial charge >= 0.3 is 0 Å². The molecule has 17 heavy (non-hydrogen) atoms. The Morgan fingerprint density at radius 3 is 2.88 bits per heavy atom. The Bertz CT molecular complexity index is 476. The topological polar surface area (TPSA) is 12.5 Å². The van der Waals surface area contributed by atoms with Gasteiger partial charge in [-0.2, -0.15) is 0 Å². The second-order valence-electron chi connectivity index (χ2n) is 5.09. The van der Waals surface area contributed by atoms with Crippen molar-refractivity contribution in [3.8, 4) is 5.75 Å². The van der Waals surface area contributed by atoms with Crippen LogP contribution < -0.4 is 4.74 Å². The Kier molecular flexibility index (Phi) is 2.67. The maximum absolute atomic E-state index is 5.35. The van der Waals surface area contributed by atoms with Crippen molar-refractivity contribution < 1.29 is 4.74 Å². The molecule has 0 unspecified atom stereocenters. The van der Waals surface area contributed by atoms with Gasteiger partial charge in [-0.05, 0) is 55.1 Å². The molecule has 0 radical (unpaired) electrons. The minimum atomic E-state index is 0.983. The first-order valence-corrected chi connectivity index (χ1v) is 6.34. The van der Waals surface area contributed by atoms with Crippen LogP contribution in [0.3, 0.4) is 0 Å². The highest BCUT2D eigenvalue weighted by molar-refractivity contribution is 5.75. The third kappa shape index (κ3) is 1.87. The largest absolute Gasteiger partial charge is 0.497 e. The Morgan fingerprint density at radius 1 is 1.18 bits per heavy atom. The van der Waals surface area contributed by atoms with Crippen molar-refractivity contribution in [2.24, 2.45) is 0 Å². The van der Waals surface area contributed by atoms with Crippen molar-refractivity contribution in [3.63, 3.8) is 0 Å². The van der Waals surface area contributed by atoms with Crippen molar-refractivity contribution in [1.29, 1.82) is 0 Å². The predicted octanol–water partition coefficient (Wildman–Crippen LogP) is 2.73. The van der Waals surface area contributed by atoms with E-state index in [4.69, 9.17) is 4.74 Å². The minimum absolute atomic E-state index is 0.983. The van der Waals surface area contributed by atoms with E-state index in [1.165, 1.54) is 36.9 Å². The number of benzene rings is 1. The molecule has 2 nitrogen and oxygen atoms in total. The zero-order valence-corrected chi connectivity index (χ0v) is 10.6. The van der Waals surface area contributed by atoms with Crippen molar-refractivity contribution in [1.82, 2.24) is 4.90 Å². The molecule has 1 aliphatic carbocycles. The van der Waals surface area contributed by atoms with Crippen molar-refractivity contribution in [3.05, 3.63) is 34.9 Å². The van der Waals surface area contributed by atoms with Crippen LogP contribution in [0.1, 0.15) is 24.0 Å². The second kappa shape index (κ2) is 4.19. The molecule has 1 heterocycles. The summed E-state index contributed by atoms with van der Waals surface area (Å²) in [7, 11) is 3.96. The third-order valence-electron chi connectivity index (χ3n) is 3.97. The molecule has 0 bridgehead atoms. The second-order valence-corrected chi connectivity index (χ2v) is 5.09. The van der Waals surface area contributed by atoms with E-state index in [2.05, 4.69) is 30.1 Å². The molecule has 90 valence electrons. The number of methoxy groups -OCH3 is 1. The maximum atomic E-state index is 5.35. The summed E-state index contributed by atoms with van der Waals surface area (Å²) in [5.74, 6) is 0.983. The molecule has 1 aliphatic heterocycles. The van der Waals surface area contributed by atoms with Crippen molar-refractivity contribution >= 4 is 5.57 Å². The standard InChI is InChI=1S/C15H19NO/c1-16-8-7-14-12(10-16)4-3-11-5-6-13(17-2)9-15(11)14/h5-6,9H,3-4,7-8,10H2,1-2H3. The van der Waals surface area contributed by atoms with Crippen LogP contribution in [0.2, 0.25) is 0 Å². The fourth-order valence-corrected chi connectivity index (χ4v) is 3.00. The van der Waals surface area contributed by atoms with Gasteiger partial charge in [0.05, 0.1) is 7.11 Å². The van der Waals surface area contributed by atoms with E-state index in [0.717, 1.165) is 12.3 Å². The number of aryl methyl sites for hydroxylation is 1. The predicted molar refractivity (Wildman–Crippen MR) is 70.3 cm³/mol. The molecule has 0 aromatic heterocycles.